The number of likely N-dealkylation sites (tertiary alicyclic amines) is 1. The van der Waals surface area contributed by atoms with E-state index in [-0.39, 0.29) is 11.8 Å². The average Bonchev–Trinajstić information content (AvgIpc) is 2.52. The molecule has 0 aliphatic carbocycles. The molecule has 0 radical (unpaired) electrons. The highest BCUT2D eigenvalue weighted by molar-refractivity contribution is 5.98. The number of nitrogens with one attached hydrogen (secondary N) is 1. The van der Waals surface area contributed by atoms with Gasteiger partial charge in [0.2, 0.25) is 0 Å². The minimum Gasteiger partial charge on any atom is -0.351 e. The lowest BCUT2D eigenvalue weighted by molar-refractivity contribution is 0.0697. The van der Waals surface area contributed by atoms with Crippen LogP contribution in [0, 0.1) is 5.92 Å². The number of carbonyl (C=O) groups is 2. The lowest BCUT2D eigenvalue weighted by Crippen LogP contribution is -2.38. The first kappa shape index (κ1) is 15.5. The minimum atomic E-state index is -0.223. The van der Waals surface area contributed by atoms with E-state index in [2.05, 4.69) is 17.2 Å². The van der Waals surface area contributed by atoms with E-state index in [0.29, 0.717) is 23.7 Å². The second-order valence-electron chi connectivity index (χ2n) is 5.66. The number of piperidine rings is 1. The van der Waals surface area contributed by atoms with Crippen molar-refractivity contribution in [3.05, 3.63) is 29.6 Å². The highest BCUT2D eigenvalue weighted by Crippen LogP contribution is 2.18. The molecule has 1 N–H and O–H groups in total. The summed E-state index contributed by atoms with van der Waals surface area (Å²) in [6, 6.07) is 3.27. The Labute approximate surface area is 125 Å². The molecule has 1 aromatic heterocycles. The fourth-order valence-corrected chi connectivity index (χ4v) is 2.41. The SMILES string of the molecule is CCCNC(=O)c1cc(C(=O)N2CCC(C)CC2)ccn1. The molecule has 114 valence electrons. The first-order chi connectivity index (χ1) is 10.1. The molecular weight excluding hydrogens is 266 g/mol. The lowest BCUT2D eigenvalue weighted by Gasteiger charge is -2.30. The molecule has 0 saturated carbocycles. The first-order valence-corrected chi connectivity index (χ1v) is 7.65. The van der Waals surface area contributed by atoms with Crippen molar-refractivity contribution in [2.75, 3.05) is 19.6 Å². The number of aromatic nitrogens is 1. The summed E-state index contributed by atoms with van der Waals surface area (Å²) in [6.07, 6.45) is 4.48. The van der Waals surface area contributed by atoms with Crippen molar-refractivity contribution >= 4 is 11.8 Å². The molecule has 2 amide bonds. The molecule has 0 unspecified atom stereocenters. The smallest absolute Gasteiger partial charge is 0.269 e. The highest BCUT2D eigenvalue weighted by Gasteiger charge is 2.22. The molecule has 5 heteroatoms. The summed E-state index contributed by atoms with van der Waals surface area (Å²) in [5, 5.41) is 2.77. The van der Waals surface area contributed by atoms with Gasteiger partial charge in [0.25, 0.3) is 11.8 Å². The highest BCUT2D eigenvalue weighted by atomic mass is 16.2. The monoisotopic (exact) mass is 289 g/mol. The van der Waals surface area contributed by atoms with E-state index in [4.69, 9.17) is 0 Å². The standard InChI is InChI=1S/C16H23N3O2/c1-3-7-18-15(20)14-11-13(4-8-17-14)16(21)19-9-5-12(2)6-10-19/h4,8,11-12H,3,5-7,9-10H2,1-2H3,(H,18,20). The molecule has 1 aliphatic rings. The Hall–Kier alpha value is -1.91. The van der Waals surface area contributed by atoms with Crippen LogP contribution in [0.2, 0.25) is 0 Å². The summed E-state index contributed by atoms with van der Waals surface area (Å²) in [5.41, 5.74) is 0.848. The number of pyridine rings is 1. The molecule has 21 heavy (non-hydrogen) atoms. The van der Waals surface area contributed by atoms with E-state index in [0.717, 1.165) is 32.4 Å². The molecule has 5 nitrogen and oxygen atoms in total. The van der Waals surface area contributed by atoms with Gasteiger partial charge in [0.05, 0.1) is 0 Å². The van der Waals surface area contributed by atoms with Crippen LogP contribution in [-0.4, -0.2) is 41.3 Å². The summed E-state index contributed by atoms with van der Waals surface area (Å²) >= 11 is 0. The van der Waals surface area contributed by atoms with Gasteiger partial charge in [-0.3, -0.25) is 14.6 Å². The molecule has 2 heterocycles. The van der Waals surface area contributed by atoms with Crippen LogP contribution in [0.5, 0.6) is 0 Å². The van der Waals surface area contributed by atoms with E-state index in [1.165, 1.54) is 6.20 Å². The molecule has 1 aliphatic heterocycles. The third-order valence-corrected chi connectivity index (χ3v) is 3.85. The third kappa shape index (κ3) is 4.03. The zero-order valence-corrected chi connectivity index (χ0v) is 12.8. The van der Waals surface area contributed by atoms with Gasteiger partial charge in [-0.1, -0.05) is 13.8 Å². The van der Waals surface area contributed by atoms with Crippen LogP contribution in [0.25, 0.3) is 0 Å². The van der Waals surface area contributed by atoms with Crippen LogP contribution >= 0.6 is 0 Å². The van der Waals surface area contributed by atoms with Crippen LogP contribution in [0.4, 0.5) is 0 Å². The van der Waals surface area contributed by atoms with Crippen LogP contribution in [0.3, 0.4) is 0 Å². The Bertz CT molecular complexity index is 508. The lowest BCUT2D eigenvalue weighted by atomic mass is 9.98. The number of nitrogens with zero attached hydrogens (tertiary/aromatic N) is 2. The van der Waals surface area contributed by atoms with Crippen molar-refractivity contribution < 1.29 is 9.59 Å². The van der Waals surface area contributed by atoms with Crippen molar-refractivity contribution in [2.45, 2.75) is 33.1 Å². The quantitative estimate of drug-likeness (QED) is 0.923. The predicted molar refractivity (Wildman–Crippen MR) is 81.2 cm³/mol. The summed E-state index contributed by atoms with van der Waals surface area (Å²) < 4.78 is 0. The normalized spacial score (nSPS) is 15.8. The largest absolute Gasteiger partial charge is 0.351 e. The van der Waals surface area contributed by atoms with Gasteiger partial charge in [0, 0.05) is 31.4 Å². The molecular formula is C16H23N3O2. The van der Waals surface area contributed by atoms with Crippen molar-refractivity contribution in [3.63, 3.8) is 0 Å². The average molecular weight is 289 g/mol. The van der Waals surface area contributed by atoms with Gasteiger partial charge < -0.3 is 10.2 Å². The van der Waals surface area contributed by atoms with E-state index in [9.17, 15) is 9.59 Å². The molecule has 0 bridgehead atoms. The maximum atomic E-state index is 12.5. The maximum Gasteiger partial charge on any atom is 0.269 e. The zero-order valence-electron chi connectivity index (χ0n) is 12.8. The summed E-state index contributed by atoms with van der Waals surface area (Å²) in [5.74, 6) is 0.453. The molecule has 1 aromatic rings. The minimum absolute atomic E-state index is 0.00570. The fraction of sp³-hybridized carbons (Fsp3) is 0.562. The molecule has 1 saturated heterocycles. The van der Waals surface area contributed by atoms with Gasteiger partial charge in [0.1, 0.15) is 5.69 Å². The number of hydrogen-bond acceptors (Lipinski definition) is 3. The Morgan fingerprint density at radius 2 is 2.10 bits per heavy atom. The van der Waals surface area contributed by atoms with Crippen molar-refractivity contribution in [3.8, 4) is 0 Å². The van der Waals surface area contributed by atoms with E-state index >= 15 is 0 Å². The van der Waals surface area contributed by atoms with E-state index in [1.54, 1.807) is 12.1 Å². The predicted octanol–water partition coefficient (Wildman–Crippen LogP) is 2.09. The van der Waals surface area contributed by atoms with Crippen LogP contribution in [-0.2, 0) is 0 Å². The molecule has 0 spiro atoms. The first-order valence-electron chi connectivity index (χ1n) is 7.65. The van der Waals surface area contributed by atoms with E-state index in [1.807, 2.05) is 11.8 Å². The maximum absolute atomic E-state index is 12.5. The van der Waals surface area contributed by atoms with E-state index < -0.39 is 0 Å². The Morgan fingerprint density at radius 1 is 1.38 bits per heavy atom. The molecule has 0 aromatic carbocycles. The van der Waals surface area contributed by atoms with Gasteiger partial charge in [-0.25, -0.2) is 0 Å². The molecule has 1 fully saturated rings. The van der Waals surface area contributed by atoms with Crippen molar-refractivity contribution in [1.29, 1.82) is 0 Å². The summed E-state index contributed by atoms with van der Waals surface area (Å²) in [7, 11) is 0. The van der Waals surface area contributed by atoms with Gasteiger partial charge in [0.15, 0.2) is 0 Å². The third-order valence-electron chi connectivity index (χ3n) is 3.85. The number of amides is 2. The number of hydrogen-bond donors (Lipinski definition) is 1. The summed E-state index contributed by atoms with van der Waals surface area (Å²) in [4.78, 5) is 30.3. The molecule has 2 rings (SSSR count). The number of rotatable bonds is 4. The summed E-state index contributed by atoms with van der Waals surface area (Å²) in [6.45, 7) is 6.40. The van der Waals surface area contributed by atoms with Gasteiger partial charge >= 0.3 is 0 Å². The van der Waals surface area contributed by atoms with Crippen LogP contribution in [0.15, 0.2) is 18.3 Å². The Morgan fingerprint density at radius 3 is 2.76 bits per heavy atom. The van der Waals surface area contributed by atoms with Gasteiger partial charge in [-0.05, 0) is 37.3 Å². The number of carbonyl (C=O) groups excluding carboxylic acids is 2. The second kappa shape index (κ2) is 7.20. The topological polar surface area (TPSA) is 62.3 Å². The van der Waals surface area contributed by atoms with Gasteiger partial charge in [-0.15, -0.1) is 0 Å². The zero-order chi connectivity index (χ0) is 15.2. The van der Waals surface area contributed by atoms with Gasteiger partial charge in [-0.2, -0.15) is 0 Å². The fourth-order valence-electron chi connectivity index (χ4n) is 2.41. The second-order valence-corrected chi connectivity index (χ2v) is 5.66. The molecule has 0 atom stereocenters. The van der Waals surface area contributed by atoms with Crippen LogP contribution in [0.1, 0.15) is 54.0 Å². The Balaban J connectivity index is 2.06. The Kier molecular flexibility index (Phi) is 5.31. The van der Waals surface area contributed by atoms with Crippen LogP contribution < -0.4 is 5.32 Å². The van der Waals surface area contributed by atoms with Crippen molar-refractivity contribution in [2.24, 2.45) is 5.92 Å². The van der Waals surface area contributed by atoms with Crippen molar-refractivity contribution in [1.82, 2.24) is 15.2 Å².